The Balaban J connectivity index is 1.88. The molecule has 0 bridgehead atoms. The number of carbonyl (C=O) groups is 2. The number of hydrogen-bond donors (Lipinski definition) is 2. The summed E-state index contributed by atoms with van der Waals surface area (Å²) in [6.45, 7) is 7.40. The van der Waals surface area contributed by atoms with Crippen LogP contribution in [0.4, 0.5) is 5.69 Å². The van der Waals surface area contributed by atoms with Crippen molar-refractivity contribution in [3.05, 3.63) is 59.7 Å². The second kappa shape index (κ2) is 12.4. The molecule has 0 saturated carbocycles. The van der Waals surface area contributed by atoms with Crippen LogP contribution < -0.4 is 19.7 Å². The molecule has 0 radical (unpaired) electrons. The summed E-state index contributed by atoms with van der Waals surface area (Å²) in [6, 6.07) is 12.0. The highest BCUT2D eigenvalue weighted by Gasteiger charge is 2.10. The molecule has 2 aromatic rings. The van der Waals surface area contributed by atoms with Crippen molar-refractivity contribution in [3.8, 4) is 11.5 Å². The van der Waals surface area contributed by atoms with Crippen molar-refractivity contribution in [2.45, 2.75) is 13.8 Å². The van der Waals surface area contributed by atoms with Gasteiger partial charge in [0.05, 0.1) is 32.9 Å². The first-order valence-corrected chi connectivity index (χ1v) is 10.3. The molecule has 0 aliphatic carbocycles. The number of hydrogen-bond acceptors (Lipinski definition) is 5. The van der Waals surface area contributed by atoms with Gasteiger partial charge in [-0.25, -0.2) is 4.79 Å². The number of quaternary nitrogens is 1. The van der Waals surface area contributed by atoms with E-state index >= 15 is 0 Å². The van der Waals surface area contributed by atoms with E-state index in [9.17, 15) is 9.59 Å². The Hall–Kier alpha value is -3.32. The van der Waals surface area contributed by atoms with Crippen LogP contribution in [0.5, 0.6) is 11.5 Å². The van der Waals surface area contributed by atoms with Crippen LogP contribution in [-0.4, -0.2) is 52.3 Å². The zero-order chi connectivity index (χ0) is 22.6. The third kappa shape index (κ3) is 7.46. The van der Waals surface area contributed by atoms with Gasteiger partial charge in [0, 0.05) is 11.8 Å². The number of methoxy groups -OCH3 is 2. The molecule has 2 rings (SSSR count). The monoisotopic (exact) mass is 427 g/mol. The molecule has 7 heteroatoms. The van der Waals surface area contributed by atoms with Crippen LogP contribution in [0, 0.1) is 0 Å². The van der Waals surface area contributed by atoms with E-state index in [2.05, 4.69) is 19.2 Å². The van der Waals surface area contributed by atoms with Gasteiger partial charge < -0.3 is 24.4 Å². The van der Waals surface area contributed by atoms with E-state index < -0.39 is 0 Å². The topological polar surface area (TPSA) is 78.3 Å². The summed E-state index contributed by atoms with van der Waals surface area (Å²) in [6.07, 6.45) is 3.11. The van der Waals surface area contributed by atoms with Gasteiger partial charge in [-0.1, -0.05) is 6.07 Å². The van der Waals surface area contributed by atoms with E-state index in [1.54, 1.807) is 56.7 Å². The summed E-state index contributed by atoms with van der Waals surface area (Å²) >= 11 is 0. The van der Waals surface area contributed by atoms with Gasteiger partial charge in [0.25, 0.3) is 0 Å². The number of benzene rings is 2. The zero-order valence-electron chi connectivity index (χ0n) is 18.6. The highest BCUT2D eigenvalue weighted by atomic mass is 16.5. The first-order valence-electron chi connectivity index (χ1n) is 10.3. The predicted molar refractivity (Wildman–Crippen MR) is 121 cm³/mol. The van der Waals surface area contributed by atoms with Crippen molar-refractivity contribution >= 4 is 23.6 Å². The van der Waals surface area contributed by atoms with Gasteiger partial charge >= 0.3 is 5.97 Å². The Morgan fingerprint density at radius 3 is 2.26 bits per heavy atom. The molecule has 7 nitrogen and oxygen atoms in total. The molecule has 1 amide bonds. The molecule has 166 valence electrons. The highest BCUT2D eigenvalue weighted by molar-refractivity contribution is 6.02. The van der Waals surface area contributed by atoms with E-state index in [-0.39, 0.29) is 11.9 Å². The summed E-state index contributed by atoms with van der Waals surface area (Å²) < 4.78 is 15.8. The molecule has 0 spiro atoms. The minimum Gasteiger partial charge on any atom is -0.493 e. The molecule has 0 unspecified atom stereocenters. The number of ether oxygens (including phenoxy) is 3. The number of esters is 1. The number of nitrogens with one attached hydrogen (secondary N) is 2. The second-order valence-electron chi connectivity index (χ2n) is 6.86. The molecule has 0 atom stereocenters. The average molecular weight is 428 g/mol. The van der Waals surface area contributed by atoms with Gasteiger partial charge in [-0.15, -0.1) is 0 Å². The third-order valence-corrected chi connectivity index (χ3v) is 4.91. The van der Waals surface area contributed by atoms with Crippen molar-refractivity contribution in [1.82, 2.24) is 0 Å². The van der Waals surface area contributed by atoms with Crippen LogP contribution in [0.3, 0.4) is 0 Å². The summed E-state index contributed by atoms with van der Waals surface area (Å²) in [4.78, 5) is 25.7. The molecule has 0 saturated heterocycles. The molecule has 2 N–H and O–H groups in total. The van der Waals surface area contributed by atoms with E-state index in [1.807, 2.05) is 6.07 Å². The van der Waals surface area contributed by atoms with Gasteiger partial charge in [0.2, 0.25) is 5.91 Å². The Labute approximate surface area is 183 Å². The molecular weight excluding hydrogens is 396 g/mol. The lowest BCUT2D eigenvalue weighted by Gasteiger charge is -2.15. The molecule has 2 aromatic carbocycles. The summed E-state index contributed by atoms with van der Waals surface area (Å²) in [5, 5.41) is 2.77. The normalized spacial score (nSPS) is 10.9. The van der Waals surface area contributed by atoms with Crippen molar-refractivity contribution in [3.63, 3.8) is 0 Å². The Morgan fingerprint density at radius 2 is 1.65 bits per heavy atom. The van der Waals surface area contributed by atoms with Crippen molar-refractivity contribution in [1.29, 1.82) is 0 Å². The minimum atomic E-state index is -0.363. The molecule has 0 aliphatic heterocycles. The second-order valence-corrected chi connectivity index (χ2v) is 6.86. The Morgan fingerprint density at radius 1 is 0.968 bits per heavy atom. The SMILES string of the molecule is CC[NH+](CC)CCOC(=O)c1ccc(NC(=O)/C=C/c2ccc(OC)c(OC)c2)cc1. The molecule has 0 fully saturated rings. The number of rotatable bonds is 11. The van der Waals surface area contributed by atoms with Crippen molar-refractivity contribution in [2.24, 2.45) is 0 Å². The van der Waals surface area contributed by atoms with E-state index in [4.69, 9.17) is 14.2 Å². The van der Waals surface area contributed by atoms with Crippen LogP contribution in [0.15, 0.2) is 48.5 Å². The van der Waals surface area contributed by atoms with Gasteiger partial charge in [-0.3, -0.25) is 4.79 Å². The summed E-state index contributed by atoms with van der Waals surface area (Å²) in [5.74, 6) is 0.563. The lowest BCUT2D eigenvalue weighted by atomic mass is 10.2. The van der Waals surface area contributed by atoms with Crippen molar-refractivity contribution < 1.29 is 28.7 Å². The fraction of sp³-hybridized carbons (Fsp3) is 0.333. The quantitative estimate of drug-likeness (QED) is 0.425. The Bertz CT molecular complexity index is 889. The van der Waals surface area contributed by atoms with Crippen molar-refractivity contribution in [2.75, 3.05) is 45.8 Å². The van der Waals surface area contributed by atoms with Crippen LogP contribution in [-0.2, 0) is 9.53 Å². The first kappa shape index (κ1) is 24.0. The molecule has 0 heterocycles. The Kier molecular flexibility index (Phi) is 9.58. The first-order chi connectivity index (χ1) is 15.0. The van der Waals surface area contributed by atoms with E-state index in [0.29, 0.717) is 29.4 Å². The molecule has 0 aromatic heterocycles. The van der Waals surface area contributed by atoms with Gasteiger partial charge in [0.1, 0.15) is 13.2 Å². The third-order valence-electron chi connectivity index (χ3n) is 4.91. The number of amides is 1. The maximum absolute atomic E-state index is 12.2. The maximum Gasteiger partial charge on any atom is 0.338 e. The van der Waals surface area contributed by atoms with Gasteiger partial charge in [-0.2, -0.15) is 0 Å². The van der Waals surface area contributed by atoms with Crippen LogP contribution >= 0.6 is 0 Å². The number of likely N-dealkylation sites (N-methyl/N-ethyl adjacent to an activating group) is 1. The standard InChI is InChI=1S/C24H30N2O5/c1-5-26(6-2)15-16-31-24(28)19-9-11-20(12-10-19)25-23(27)14-8-18-7-13-21(29-3)22(17-18)30-4/h7-14,17H,5-6,15-16H2,1-4H3,(H,25,27)/p+1/b14-8+. The van der Waals surface area contributed by atoms with Gasteiger partial charge in [0.15, 0.2) is 11.5 Å². The minimum absolute atomic E-state index is 0.285. The highest BCUT2D eigenvalue weighted by Crippen LogP contribution is 2.27. The van der Waals surface area contributed by atoms with E-state index in [1.165, 1.54) is 11.0 Å². The molecule has 0 aliphatic rings. The smallest absolute Gasteiger partial charge is 0.338 e. The van der Waals surface area contributed by atoms with Crippen LogP contribution in [0.2, 0.25) is 0 Å². The summed E-state index contributed by atoms with van der Waals surface area (Å²) in [7, 11) is 3.13. The number of carbonyl (C=O) groups excluding carboxylic acids is 2. The van der Waals surface area contributed by atoms with E-state index in [0.717, 1.165) is 25.2 Å². The fourth-order valence-corrected chi connectivity index (χ4v) is 2.98. The average Bonchev–Trinajstić information content (AvgIpc) is 2.80. The van der Waals surface area contributed by atoms with Gasteiger partial charge in [-0.05, 0) is 61.9 Å². The maximum atomic E-state index is 12.2. The molecule has 31 heavy (non-hydrogen) atoms. The van der Waals surface area contributed by atoms with Crippen LogP contribution in [0.25, 0.3) is 6.08 Å². The van der Waals surface area contributed by atoms with Crippen LogP contribution in [0.1, 0.15) is 29.8 Å². The zero-order valence-corrected chi connectivity index (χ0v) is 18.6. The number of anilines is 1. The summed E-state index contributed by atoms with van der Waals surface area (Å²) in [5.41, 5.74) is 1.84. The lowest BCUT2D eigenvalue weighted by molar-refractivity contribution is -0.896. The lowest BCUT2D eigenvalue weighted by Crippen LogP contribution is -3.11. The molecular formula is C24H31N2O5+. The predicted octanol–water partition coefficient (Wildman–Crippen LogP) is 2.44. The fourth-order valence-electron chi connectivity index (χ4n) is 2.98. The largest absolute Gasteiger partial charge is 0.493 e.